The van der Waals surface area contributed by atoms with E-state index in [1.54, 1.807) is 0 Å². The summed E-state index contributed by atoms with van der Waals surface area (Å²) in [6.07, 6.45) is 1.07. The predicted molar refractivity (Wildman–Crippen MR) is 103 cm³/mol. The number of nitrogens with zero attached hydrogens (tertiary/aromatic N) is 2. The van der Waals surface area contributed by atoms with Gasteiger partial charge in [0.05, 0.1) is 6.17 Å². The third-order valence-corrected chi connectivity index (χ3v) is 5.79. The molecule has 2 aliphatic heterocycles. The topological polar surface area (TPSA) is 44.8 Å². The molecule has 0 spiro atoms. The monoisotopic (exact) mass is 351 g/mol. The normalized spacial score (nSPS) is 24.3. The molecular formula is C21H25N3O2. The van der Waals surface area contributed by atoms with Gasteiger partial charge in [-0.3, -0.25) is 4.90 Å². The number of nitrogens with one attached hydrogen (secondary N) is 1. The molecule has 26 heavy (non-hydrogen) atoms. The van der Waals surface area contributed by atoms with Crippen LogP contribution >= 0.6 is 0 Å². The number of rotatable bonds is 3. The van der Waals surface area contributed by atoms with E-state index in [0.717, 1.165) is 24.2 Å². The summed E-state index contributed by atoms with van der Waals surface area (Å²) >= 11 is 0. The van der Waals surface area contributed by atoms with Gasteiger partial charge in [-0.1, -0.05) is 43.3 Å². The molecule has 2 aromatic rings. The fraction of sp³-hybridized carbons (Fsp3) is 0.381. The van der Waals surface area contributed by atoms with Gasteiger partial charge < -0.3 is 15.0 Å². The lowest BCUT2D eigenvalue weighted by Crippen LogP contribution is -2.45. The number of carbonyl (C=O) groups excluding carboxylic acids is 1. The highest BCUT2D eigenvalue weighted by atomic mass is 16.6. The lowest BCUT2D eigenvalue weighted by molar-refractivity contribution is 0.200. The Morgan fingerprint density at radius 3 is 2.77 bits per heavy atom. The molecule has 1 saturated heterocycles. The van der Waals surface area contributed by atoms with Crippen LogP contribution in [0.1, 0.15) is 24.5 Å². The summed E-state index contributed by atoms with van der Waals surface area (Å²) in [4.78, 5) is 16.8. The second kappa shape index (κ2) is 6.32. The van der Waals surface area contributed by atoms with E-state index in [-0.39, 0.29) is 5.41 Å². The van der Waals surface area contributed by atoms with Gasteiger partial charge in [-0.2, -0.15) is 0 Å². The Morgan fingerprint density at radius 2 is 2.00 bits per heavy atom. The van der Waals surface area contributed by atoms with Crippen molar-refractivity contribution in [2.75, 3.05) is 25.5 Å². The maximum Gasteiger partial charge on any atom is 0.412 e. The molecule has 5 nitrogen and oxygen atoms in total. The third kappa shape index (κ3) is 2.72. The smallest absolute Gasteiger partial charge is 0.410 e. The van der Waals surface area contributed by atoms with Crippen molar-refractivity contribution in [2.24, 2.45) is 0 Å². The quantitative estimate of drug-likeness (QED) is 0.921. The zero-order valence-electron chi connectivity index (χ0n) is 15.5. The lowest BCUT2D eigenvalue weighted by atomic mass is 9.81. The standard InChI is InChI=1S/C21H25N3O2/c1-21-11-12-23(2)19(21)24(3)18-13-16(9-10-17(18)21)26-20(25)22-14-15-7-5-4-6-8-15/h4-10,13,19H,11-12,14H2,1-3H3,(H,22,25). The summed E-state index contributed by atoms with van der Waals surface area (Å²) in [5, 5.41) is 2.80. The summed E-state index contributed by atoms with van der Waals surface area (Å²) in [6.45, 7) is 3.89. The van der Waals surface area contributed by atoms with Gasteiger partial charge in [-0.25, -0.2) is 4.79 Å². The summed E-state index contributed by atoms with van der Waals surface area (Å²) in [6, 6.07) is 15.8. The molecule has 4 rings (SSSR count). The van der Waals surface area contributed by atoms with Crippen LogP contribution in [0.5, 0.6) is 5.75 Å². The van der Waals surface area contributed by atoms with Gasteiger partial charge in [-0.15, -0.1) is 0 Å². The van der Waals surface area contributed by atoms with Crippen molar-refractivity contribution in [3.05, 3.63) is 59.7 Å². The molecule has 2 atom stereocenters. The Bertz CT molecular complexity index is 823. The Hall–Kier alpha value is -2.53. The molecule has 1 N–H and O–H groups in total. The van der Waals surface area contributed by atoms with Gasteiger partial charge in [0.15, 0.2) is 0 Å². The number of carbonyl (C=O) groups is 1. The van der Waals surface area contributed by atoms with Gasteiger partial charge in [-0.05, 0) is 30.7 Å². The van der Waals surface area contributed by atoms with E-state index in [2.05, 4.69) is 42.2 Å². The van der Waals surface area contributed by atoms with Crippen molar-refractivity contribution in [3.8, 4) is 5.75 Å². The van der Waals surface area contributed by atoms with Crippen molar-refractivity contribution in [1.29, 1.82) is 0 Å². The molecule has 2 heterocycles. The molecule has 0 aliphatic carbocycles. The average Bonchev–Trinajstić information content (AvgIpc) is 3.06. The number of fused-ring (bicyclic) bond motifs is 3. The van der Waals surface area contributed by atoms with Crippen LogP contribution in [-0.4, -0.2) is 37.8 Å². The summed E-state index contributed by atoms with van der Waals surface area (Å²) in [5.74, 6) is 0.576. The van der Waals surface area contributed by atoms with Gasteiger partial charge >= 0.3 is 6.09 Å². The second-order valence-corrected chi connectivity index (χ2v) is 7.54. The Morgan fingerprint density at radius 1 is 1.23 bits per heavy atom. The van der Waals surface area contributed by atoms with Gasteiger partial charge in [0.25, 0.3) is 0 Å². The fourth-order valence-electron chi connectivity index (χ4n) is 4.54. The van der Waals surface area contributed by atoms with Crippen molar-refractivity contribution in [3.63, 3.8) is 0 Å². The molecule has 0 saturated carbocycles. The second-order valence-electron chi connectivity index (χ2n) is 7.54. The zero-order chi connectivity index (χ0) is 18.3. The van der Waals surface area contributed by atoms with Gasteiger partial charge in [0.2, 0.25) is 0 Å². The van der Waals surface area contributed by atoms with Gasteiger partial charge in [0, 0.05) is 37.3 Å². The van der Waals surface area contributed by atoms with Crippen LogP contribution in [0.4, 0.5) is 10.5 Å². The fourth-order valence-corrected chi connectivity index (χ4v) is 4.54. The highest BCUT2D eigenvalue weighted by Crippen LogP contribution is 2.51. The highest BCUT2D eigenvalue weighted by Gasteiger charge is 2.52. The highest BCUT2D eigenvalue weighted by molar-refractivity contribution is 5.73. The molecule has 2 unspecified atom stereocenters. The largest absolute Gasteiger partial charge is 0.412 e. The molecular weight excluding hydrogens is 326 g/mol. The number of amides is 1. The van der Waals surface area contributed by atoms with Crippen molar-refractivity contribution in [1.82, 2.24) is 10.2 Å². The number of likely N-dealkylation sites (N-methyl/N-ethyl adjacent to an activating group) is 2. The van der Waals surface area contributed by atoms with Crippen LogP contribution in [0.15, 0.2) is 48.5 Å². The summed E-state index contributed by atoms with van der Waals surface area (Å²) < 4.78 is 5.50. The van der Waals surface area contributed by atoms with E-state index in [0.29, 0.717) is 18.5 Å². The molecule has 0 bridgehead atoms. The zero-order valence-corrected chi connectivity index (χ0v) is 15.5. The molecule has 0 aromatic heterocycles. The average molecular weight is 351 g/mol. The van der Waals surface area contributed by atoms with Crippen LogP contribution in [0.25, 0.3) is 0 Å². The number of hydrogen-bond acceptors (Lipinski definition) is 4. The van der Waals surface area contributed by atoms with E-state index >= 15 is 0 Å². The number of anilines is 1. The number of ether oxygens (including phenoxy) is 1. The SMILES string of the molecule is CN1CCC2(C)c3ccc(OC(=O)NCc4ccccc4)cc3N(C)C12. The molecule has 2 aromatic carbocycles. The van der Waals surface area contributed by atoms with Crippen LogP contribution in [0.2, 0.25) is 0 Å². The lowest BCUT2D eigenvalue weighted by Gasteiger charge is -2.32. The van der Waals surface area contributed by atoms with E-state index in [9.17, 15) is 4.79 Å². The van der Waals surface area contributed by atoms with Gasteiger partial charge in [0.1, 0.15) is 5.75 Å². The maximum absolute atomic E-state index is 12.1. The van der Waals surface area contributed by atoms with E-state index in [1.165, 1.54) is 5.56 Å². The Kier molecular flexibility index (Phi) is 4.11. The van der Waals surface area contributed by atoms with Crippen LogP contribution in [0, 0.1) is 0 Å². The van der Waals surface area contributed by atoms with Crippen LogP contribution in [-0.2, 0) is 12.0 Å². The molecule has 5 heteroatoms. The Balaban J connectivity index is 1.47. The predicted octanol–water partition coefficient (Wildman–Crippen LogP) is 3.34. The first-order valence-electron chi connectivity index (χ1n) is 9.06. The van der Waals surface area contributed by atoms with Crippen molar-refractivity contribution in [2.45, 2.75) is 31.5 Å². The molecule has 2 aliphatic rings. The number of likely N-dealkylation sites (tertiary alicyclic amines) is 1. The molecule has 0 radical (unpaired) electrons. The number of benzene rings is 2. The first-order valence-corrected chi connectivity index (χ1v) is 9.06. The first-order chi connectivity index (χ1) is 12.5. The van der Waals surface area contributed by atoms with Crippen LogP contribution < -0.4 is 15.0 Å². The minimum Gasteiger partial charge on any atom is -0.410 e. The minimum absolute atomic E-state index is 0.132. The number of hydrogen-bond donors (Lipinski definition) is 1. The Labute approximate surface area is 154 Å². The molecule has 136 valence electrons. The van der Waals surface area contributed by atoms with Crippen molar-refractivity contribution >= 4 is 11.8 Å². The summed E-state index contributed by atoms with van der Waals surface area (Å²) in [7, 11) is 4.29. The minimum atomic E-state index is -0.432. The third-order valence-electron chi connectivity index (χ3n) is 5.79. The summed E-state index contributed by atoms with van der Waals surface area (Å²) in [5.41, 5.74) is 3.66. The molecule has 1 fully saturated rings. The van der Waals surface area contributed by atoms with Crippen LogP contribution in [0.3, 0.4) is 0 Å². The molecule has 1 amide bonds. The van der Waals surface area contributed by atoms with E-state index in [4.69, 9.17) is 4.74 Å². The van der Waals surface area contributed by atoms with E-state index in [1.807, 2.05) is 42.5 Å². The maximum atomic E-state index is 12.1. The van der Waals surface area contributed by atoms with Crippen molar-refractivity contribution < 1.29 is 9.53 Å². The van der Waals surface area contributed by atoms with E-state index < -0.39 is 6.09 Å². The first kappa shape index (κ1) is 16.9.